The average molecular weight is 260 g/mol. The molecule has 16 heavy (non-hydrogen) atoms. The largest absolute Gasteiger partial charge is 0.399 e. The number of rotatable bonds is 5. The summed E-state index contributed by atoms with van der Waals surface area (Å²) in [6.07, 6.45) is 3.81. The second kappa shape index (κ2) is 6.77. The van der Waals surface area contributed by atoms with Crippen LogP contribution in [0, 0.1) is 0 Å². The van der Waals surface area contributed by atoms with E-state index in [1.54, 1.807) is 12.3 Å². The van der Waals surface area contributed by atoms with E-state index in [9.17, 15) is 0 Å². The number of hydrogen-bond donors (Lipinski definition) is 0. The zero-order chi connectivity index (χ0) is 12.0. The van der Waals surface area contributed by atoms with Gasteiger partial charge in [0.2, 0.25) is 0 Å². The average Bonchev–Trinajstić information content (AvgIpc) is 2.25. The third-order valence-electron chi connectivity index (χ3n) is 2.31. The van der Waals surface area contributed by atoms with Crippen LogP contribution in [-0.2, 0) is 4.84 Å². The fourth-order valence-electron chi connectivity index (χ4n) is 1.56. The lowest BCUT2D eigenvalue weighted by atomic mass is 9.96. The normalized spacial score (nSPS) is 13.0. The molecule has 0 saturated heterocycles. The van der Waals surface area contributed by atoms with Crippen LogP contribution in [0.25, 0.3) is 0 Å². The monoisotopic (exact) mass is 259 g/mol. The lowest BCUT2D eigenvalue weighted by Crippen LogP contribution is -2.01. The van der Waals surface area contributed by atoms with Crippen LogP contribution in [-0.4, -0.2) is 13.3 Å². The van der Waals surface area contributed by atoms with Gasteiger partial charge in [0.15, 0.2) is 0 Å². The molecule has 88 valence electrons. The molecule has 0 N–H and O–H groups in total. The molecule has 1 unspecified atom stereocenters. The van der Waals surface area contributed by atoms with Crippen LogP contribution in [0.5, 0.6) is 0 Å². The Morgan fingerprint density at radius 3 is 2.75 bits per heavy atom. The van der Waals surface area contributed by atoms with Crippen molar-refractivity contribution in [1.29, 1.82) is 0 Å². The second-order valence-electron chi connectivity index (χ2n) is 3.50. The second-order valence-corrected chi connectivity index (χ2v) is 4.34. The fraction of sp³-hybridized carbons (Fsp3) is 0.417. The Balaban J connectivity index is 2.95. The molecule has 0 amide bonds. The van der Waals surface area contributed by atoms with Crippen molar-refractivity contribution in [3.63, 3.8) is 0 Å². The minimum Gasteiger partial charge on any atom is -0.399 e. The summed E-state index contributed by atoms with van der Waals surface area (Å²) in [7, 11) is 1.53. The maximum absolute atomic E-state index is 6.15. The molecule has 0 bridgehead atoms. The number of benzene rings is 1. The van der Waals surface area contributed by atoms with Crippen LogP contribution in [0.2, 0.25) is 10.0 Å². The van der Waals surface area contributed by atoms with Crippen molar-refractivity contribution >= 4 is 29.4 Å². The molecule has 0 aliphatic heterocycles. The van der Waals surface area contributed by atoms with E-state index in [4.69, 9.17) is 28.0 Å². The SMILES string of the molecule is CCCC(/C=N\OC)c1ccc(Cl)cc1Cl. The quantitative estimate of drug-likeness (QED) is 0.563. The molecule has 1 atom stereocenters. The van der Waals surface area contributed by atoms with Crippen LogP contribution in [0.15, 0.2) is 23.4 Å². The molecule has 1 rings (SSSR count). The maximum atomic E-state index is 6.15. The van der Waals surface area contributed by atoms with E-state index in [1.165, 1.54) is 7.11 Å². The zero-order valence-electron chi connectivity index (χ0n) is 9.41. The number of nitrogens with zero attached hydrogens (tertiary/aromatic N) is 1. The van der Waals surface area contributed by atoms with Crippen molar-refractivity contribution in [3.05, 3.63) is 33.8 Å². The van der Waals surface area contributed by atoms with Crippen molar-refractivity contribution in [1.82, 2.24) is 0 Å². The van der Waals surface area contributed by atoms with Gasteiger partial charge < -0.3 is 4.84 Å². The molecule has 1 aromatic rings. The molecule has 0 aliphatic rings. The smallest absolute Gasteiger partial charge is 0.106 e. The fourth-order valence-corrected chi connectivity index (χ4v) is 2.11. The van der Waals surface area contributed by atoms with Gasteiger partial charge in [-0.15, -0.1) is 0 Å². The Kier molecular flexibility index (Phi) is 5.64. The topological polar surface area (TPSA) is 21.6 Å². The maximum Gasteiger partial charge on any atom is 0.106 e. The van der Waals surface area contributed by atoms with Gasteiger partial charge in [-0.05, 0) is 24.1 Å². The van der Waals surface area contributed by atoms with Crippen LogP contribution in [0.1, 0.15) is 31.2 Å². The molecule has 0 saturated carbocycles. The van der Waals surface area contributed by atoms with Gasteiger partial charge >= 0.3 is 0 Å². The van der Waals surface area contributed by atoms with Gasteiger partial charge in [0.1, 0.15) is 7.11 Å². The first kappa shape index (κ1) is 13.3. The van der Waals surface area contributed by atoms with Gasteiger partial charge in [0.25, 0.3) is 0 Å². The first-order chi connectivity index (χ1) is 7.69. The lowest BCUT2D eigenvalue weighted by Gasteiger charge is -2.13. The van der Waals surface area contributed by atoms with E-state index < -0.39 is 0 Å². The minimum atomic E-state index is 0.176. The summed E-state index contributed by atoms with van der Waals surface area (Å²) in [5, 5.41) is 5.13. The molecule has 0 aromatic heterocycles. The molecule has 0 heterocycles. The Labute approximate surface area is 106 Å². The minimum absolute atomic E-state index is 0.176. The number of hydrogen-bond acceptors (Lipinski definition) is 2. The molecule has 0 fully saturated rings. The molecule has 0 aliphatic carbocycles. The van der Waals surface area contributed by atoms with E-state index in [0.29, 0.717) is 10.0 Å². The first-order valence-corrected chi connectivity index (χ1v) is 5.96. The third-order valence-corrected chi connectivity index (χ3v) is 2.87. The molecule has 0 radical (unpaired) electrons. The summed E-state index contributed by atoms with van der Waals surface area (Å²) in [4.78, 5) is 4.70. The highest BCUT2D eigenvalue weighted by atomic mass is 35.5. The summed E-state index contributed by atoms with van der Waals surface area (Å²) in [6, 6.07) is 5.53. The standard InChI is InChI=1S/C12H15Cl2NO/c1-3-4-9(8-15-16-2)11-6-5-10(13)7-12(11)14/h5-9H,3-4H2,1-2H3/b15-8-. The summed E-state index contributed by atoms with van der Waals surface area (Å²) >= 11 is 12.0. The van der Waals surface area contributed by atoms with E-state index in [-0.39, 0.29) is 5.92 Å². The Bertz CT molecular complexity index is 366. The van der Waals surface area contributed by atoms with Crippen molar-refractivity contribution in [2.45, 2.75) is 25.7 Å². The predicted molar refractivity (Wildman–Crippen MR) is 69.6 cm³/mol. The lowest BCUT2D eigenvalue weighted by molar-refractivity contribution is 0.214. The van der Waals surface area contributed by atoms with E-state index in [1.807, 2.05) is 12.1 Å². The van der Waals surface area contributed by atoms with Gasteiger partial charge in [0, 0.05) is 16.0 Å². The van der Waals surface area contributed by atoms with Gasteiger partial charge in [-0.3, -0.25) is 0 Å². The van der Waals surface area contributed by atoms with E-state index in [0.717, 1.165) is 18.4 Å². The number of halogens is 2. The molecule has 2 nitrogen and oxygen atoms in total. The number of oxime groups is 1. The van der Waals surface area contributed by atoms with Crippen LogP contribution in [0.3, 0.4) is 0 Å². The van der Waals surface area contributed by atoms with Crippen LogP contribution < -0.4 is 0 Å². The third kappa shape index (κ3) is 3.69. The Morgan fingerprint density at radius 2 is 2.19 bits per heavy atom. The molecule has 4 heteroatoms. The highest BCUT2D eigenvalue weighted by Crippen LogP contribution is 2.29. The summed E-state index contributed by atoms with van der Waals surface area (Å²) in [6.45, 7) is 2.12. The van der Waals surface area contributed by atoms with Gasteiger partial charge in [0.05, 0.1) is 6.21 Å². The van der Waals surface area contributed by atoms with Crippen molar-refractivity contribution in [2.75, 3.05) is 7.11 Å². The zero-order valence-corrected chi connectivity index (χ0v) is 10.9. The van der Waals surface area contributed by atoms with Gasteiger partial charge in [-0.1, -0.05) is 47.8 Å². The van der Waals surface area contributed by atoms with Gasteiger partial charge in [-0.25, -0.2) is 0 Å². The predicted octanol–water partition coefficient (Wildman–Crippen LogP) is 4.51. The van der Waals surface area contributed by atoms with E-state index >= 15 is 0 Å². The van der Waals surface area contributed by atoms with Crippen molar-refractivity contribution < 1.29 is 4.84 Å². The summed E-state index contributed by atoms with van der Waals surface area (Å²) in [5.41, 5.74) is 1.04. The van der Waals surface area contributed by atoms with Crippen molar-refractivity contribution in [3.8, 4) is 0 Å². The van der Waals surface area contributed by atoms with Gasteiger partial charge in [-0.2, -0.15) is 0 Å². The summed E-state index contributed by atoms with van der Waals surface area (Å²) < 4.78 is 0. The summed E-state index contributed by atoms with van der Waals surface area (Å²) in [5.74, 6) is 0.176. The molecule has 0 spiro atoms. The molecular formula is C12H15Cl2NO. The highest BCUT2D eigenvalue weighted by molar-refractivity contribution is 6.35. The molecular weight excluding hydrogens is 245 g/mol. The molecule has 1 aromatic carbocycles. The van der Waals surface area contributed by atoms with Crippen molar-refractivity contribution in [2.24, 2.45) is 5.16 Å². The van der Waals surface area contributed by atoms with E-state index in [2.05, 4.69) is 12.1 Å². The Morgan fingerprint density at radius 1 is 1.44 bits per heavy atom. The Hall–Kier alpha value is -0.730. The van der Waals surface area contributed by atoms with Crippen LogP contribution in [0.4, 0.5) is 0 Å². The highest BCUT2D eigenvalue weighted by Gasteiger charge is 2.12. The van der Waals surface area contributed by atoms with Crippen LogP contribution >= 0.6 is 23.2 Å². The first-order valence-electron chi connectivity index (χ1n) is 5.20.